The third kappa shape index (κ3) is 3.64. The first-order valence-electron chi connectivity index (χ1n) is 4.42. The van der Waals surface area contributed by atoms with Gasteiger partial charge in [0.05, 0.1) is 12.1 Å². The van der Waals surface area contributed by atoms with E-state index in [1.807, 2.05) is 6.07 Å². The van der Waals surface area contributed by atoms with Gasteiger partial charge in [-0.1, -0.05) is 29.8 Å². The van der Waals surface area contributed by atoms with Crippen LogP contribution in [0, 0.1) is 0 Å². The molecule has 0 bridgehead atoms. The highest BCUT2D eigenvalue weighted by Crippen LogP contribution is 2.25. The van der Waals surface area contributed by atoms with Crippen LogP contribution in [0.4, 0.5) is 0 Å². The van der Waals surface area contributed by atoms with E-state index in [4.69, 9.17) is 22.1 Å². The standard InChI is InChI=1S/C11H12ClNO2/c1-15-10-7-8(5-6-9(10)12)3-2-4-11(13)14/h2-3,5-7H,4H2,1H3,(H2,13,14). The van der Waals surface area contributed by atoms with Crippen LogP contribution in [0.3, 0.4) is 0 Å². The van der Waals surface area contributed by atoms with Crippen molar-refractivity contribution in [1.82, 2.24) is 0 Å². The van der Waals surface area contributed by atoms with Crippen molar-refractivity contribution < 1.29 is 9.53 Å². The molecule has 80 valence electrons. The predicted octanol–water partition coefficient (Wildman–Crippen LogP) is 2.24. The van der Waals surface area contributed by atoms with E-state index in [-0.39, 0.29) is 12.3 Å². The Hall–Kier alpha value is -1.48. The summed E-state index contributed by atoms with van der Waals surface area (Å²) in [5.41, 5.74) is 5.92. The van der Waals surface area contributed by atoms with Gasteiger partial charge < -0.3 is 10.5 Å². The lowest BCUT2D eigenvalue weighted by atomic mass is 10.2. The Morgan fingerprint density at radius 2 is 2.33 bits per heavy atom. The number of carbonyl (C=O) groups is 1. The van der Waals surface area contributed by atoms with Crippen LogP contribution in [0.5, 0.6) is 5.75 Å². The molecule has 0 unspecified atom stereocenters. The highest BCUT2D eigenvalue weighted by atomic mass is 35.5. The molecule has 0 aromatic heterocycles. The lowest BCUT2D eigenvalue weighted by Crippen LogP contribution is -2.07. The molecule has 0 radical (unpaired) electrons. The second-order valence-electron chi connectivity index (χ2n) is 2.97. The molecule has 1 amide bonds. The number of amides is 1. The summed E-state index contributed by atoms with van der Waals surface area (Å²) >= 11 is 5.86. The first-order valence-corrected chi connectivity index (χ1v) is 4.79. The fourth-order valence-electron chi connectivity index (χ4n) is 1.09. The van der Waals surface area contributed by atoms with Crippen molar-refractivity contribution in [1.29, 1.82) is 0 Å². The maximum atomic E-state index is 10.5. The van der Waals surface area contributed by atoms with Crippen LogP contribution in [0.15, 0.2) is 24.3 Å². The van der Waals surface area contributed by atoms with Gasteiger partial charge in [-0.2, -0.15) is 0 Å². The lowest BCUT2D eigenvalue weighted by Gasteiger charge is -2.03. The Bertz CT molecular complexity index is 388. The second-order valence-corrected chi connectivity index (χ2v) is 3.37. The molecule has 0 fully saturated rings. The molecule has 1 aromatic rings. The number of primary amides is 1. The summed E-state index contributed by atoms with van der Waals surface area (Å²) in [6.07, 6.45) is 3.72. The monoisotopic (exact) mass is 225 g/mol. The summed E-state index contributed by atoms with van der Waals surface area (Å²) in [7, 11) is 1.55. The van der Waals surface area contributed by atoms with E-state index in [0.29, 0.717) is 10.8 Å². The Labute approximate surface area is 93.5 Å². The van der Waals surface area contributed by atoms with E-state index in [2.05, 4.69) is 0 Å². The Morgan fingerprint density at radius 1 is 1.60 bits per heavy atom. The molecule has 0 aliphatic rings. The number of hydrogen-bond acceptors (Lipinski definition) is 2. The molecule has 0 heterocycles. The summed E-state index contributed by atoms with van der Waals surface area (Å²) in [4.78, 5) is 10.5. The average Bonchev–Trinajstić information content (AvgIpc) is 2.20. The summed E-state index contributed by atoms with van der Waals surface area (Å²) in [5.74, 6) is 0.255. The van der Waals surface area contributed by atoms with Crippen molar-refractivity contribution in [3.63, 3.8) is 0 Å². The molecule has 0 atom stereocenters. The molecule has 0 aliphatic heterocycles. The van der Waals surface area contributed by atoms with Gasteiger partial charge in [-0.3, -0.25) is 4.79 Å². The zero-order valence-corrected chi connectivity index (χ0v) is 9.12. The van der Waals surface area contributed by atoms with Crippen molar-refractivity contribution in [2.45, 2.75) is 6.42 Å². The number of benzene rings is 1. The number of halogens is 1. The summed E-state index contributed by atoms with van der Waals surface area (Å²) < 4.78 is 5.06. The maximum Gasteiger partial charge on any atom is 0.221 e. The fourth-order valence-corrected chi connectivity index (χ4v) is 1.29. The summed E-state index contributed by atoms with van der Waals surface area (Å²) in [6, 6.07) is 5.37. The predicted molar refractivity (Wildman–Crippen MR) is 60.8 cm³/mol. The van der Waals surface area contributed by atoms with Gasteiger partial charge in [0, 0.05) is 6.42 Å². The van der Waals surface area contributed by atoms with Gasteiger partial charge in [0.25, 0.3) is 0 Å². The molecule has 1 rings (SSSR count). The maximum absolute atomic E-state index is 10.5. The van der Waals surface area contributed by atoms with E-state index >= 15 is 0 Å². The van der Waals surface area contributed by atoms with Crippen LogP contribution in [0.1, 0.15) is 12.0 Å². The van der Waals surface area contributed by atoms with Crippen LogP contribution >= 0.6 is 11.6 Å². The fraction of sp³-hybridized carbons (Fsp3) is 0.182. The van der Waals surface area contributed by atoms with Crippen molar-refractivity contribution >= 4 is 23.6 Å². The number of ether oxygens (including phenoxy) is 1. The summed E-state index contributed by atoms with van der Waals surface area (Å²) in [5, 5.41) is 0.560. The minimum Gasteiger partial charge on any atom is -0.495 e. The molecule has 15 heavy (non-hydrogen) atoms. The molecule has 0 saturated carbocycles. The topological polar surface area (TPSA) is 52.3 Å². The average molecular weight is 226 g/mol. The number of nitrogens with two attached hydrogens (primary N) is 1. The quantitative estimate of drug-likeness (QED) is 0.855. The highest BCUT2D eigenvalue weighted by molar-refractivity contribution is 6.32. The van der Waals surface area contributed by atoms with Gasteiger partial charge in [-0.05, 0) is 17.7 Å². The van der Waals surface area contributed by atoms with Gasteiger partial charge in [-0.15, -0.1) is 0 Å². The van der Waals surface area contributed by atoms with E-state index < -0.39 is 0 Å². The van der Waals surface area contributed by atoms with Crippen LogP contribution < -0.4 is 10.5 Å². The van der Waals surface area contributed by atoms with E-state index in [1.165, 1.54) is 0 Å². The first-order chi connectivity index (χ1) is 7.13. The zero-order valence-electron chi connectivity index (χ0n) is 8.37. The highest BCUT2D eigenvalue weighted by Gasteiger charge is 1.99. The molecular weight excluding hydrogens is 214 g/mol. The van der Waals surface area contributed by atoms with E-state index in [9.17, 15) is 4.79 Å². The SMILES string of the molecule is COc1cc(C=CCC(N)=O)ccc1Cl. The van der Waals surface area contributed by atoms with Crippen molar-refractivity contribution in [2.24, 2.45) is 5.73 Å². The number of carbonyl (C=O) groups excluding carboxylic acids is 1. The van der Waals surface area contributed by atoms with Crippen molar-refractivity contribution in [3.05, 3.63) is 34.9 Å². The van der Waals surface area contributed by atoms with E-state index in [1.54, 1.807) is 31.4 Å². The molecule has 0 saturated heterocycles. The minimum absolute atomic E-state index is 0.227. The third-order valence-electron chi connectivity index (χ3n) is 1.80. The Kier molecular flexibility index (Phi) is 4.18. The molecule has 0 aliphatic carbocycles. The van der Waals surface area contributed by atoms with Crippen molar-refractivity contribution in [3.8, 4) is 5.75 Å². The largest absolute Gasteiger partial charge is 0.495 e. The smallest absolute Gasteiger partial charge is 0.221 e. The van der Waals surface area contributed by atoms with Gasteiger partial charge >= 0.3 is 0 Å². The Morgan fingerprint density at radius 3 is 2.93 bits per heavy atom. The molecule has 4 heteroatoms. The second kappa shape index (κ2) is 5.41. The van der Waals surface area contributed by atoms with Crippen LogP contribution in [0.25, 0.3) is 6.08 Å². The number of rotatable bonds is 4. The third-order valence-corrected chi connectivity index (χ3v) is 2.12. The molecular formula is C11H12ClNO2. The van der Waals surface area contributed by atoms with Gasteiger partial charge in [0.1, 0.15) is 5.75 Å². The number of hydrogen-bond donors (Lipinski definition) is 1. The van der Waals surface area contributed by atoms with Crippen LogP contribution in [0.2, 0.25) is 5.02 Å². The van der Waals surface area contributed by atoms with Gasteiger partial charge in [0.15, 0.2) is 0 Å². The summed E-state index contributed by atoms with van der Waals surface area (Å²) in [6.45, 7) is 0. The van der Waals surface area contributed by atoms with E-state index in [0.717, 1.165) is 5.56 Å². The molecule has 3 nitrogen and oxygen atoms in total. The lowest BCUT2D eigenvalue weighted by molar-refractivity contribution is -0.117. The first kappa shape index (κ1) is 11.6. The molecule has 2 N–H and O–H groups in total. The van der Waals surface area contributed by atoms with Crippen molar-refractivity contribution in [2.75, 3.05) is 7.11 Å². The normalized spacial score (nSPS) is 10.5. The van der Waals surface area contributed by atoms with Gasteiger partial charge in [0.2, 0.25) is 5.91 Å². The van der Waals surface area contributed by atoms with Crippen LogP contribution in [-0.4, -0.2) is 13.0 Å². The molecule has 1 aromatic carbocycles. The van der Waals surface area contributed by atoms with Gasteiger partial charge in [-0.25, -0.2) is 0 Å². The number of methoxy groups -OCH3 is 1. The van der Waals surface area contributed by atoms with Crippen LogP contribution in [-0.2, 0) is 4.79 Å². The minimum atomic E-state index is -0.354. The Balaban J connectivity index is 2.78. The molecule has 0 spiro atoms. The zero-order chi connectivity index (χ0) is 11.3.